The molecule has 2 N–H and O–H groups in total. The Morgan fingerprint density at radius 3 is 2.25 bits per heavy atom. The van der Waals surface area contributed by atoms with Gasteiger partial charge in [-0.2, -0.15) is 0 Å². The summed E-state index contributed by atoms with van der Waals surface area (Å²) in [5.41, 5.74) is 7.44. The van der Waals surface area contributed by atoms with Gasteiger partial charge in [0.2, 0.25) is 0 Å². The zero-order valence-electron chi connectivity index (χ0n) is 11.0. The molecule has 3 aliphatic rings. The molecule has 2 nitrogen and oxygen atoms in total. The van der Waals surface area contributed by atoms with Gasteiger partial charge in [0, 0.05) is 12.1 Å². The standard InChI is InChI=1S/C14H26N2/c1-13(2)10-6-7-14(13,3)12(15)11(10)16-8-4-5-9-16/h10-12H,4-9,15H2,1-3H3/t10?,11-,12+,14?/m1/s1. The largest absolute Gasteiger partial charge is 0.326 e. The minimum absolute atomic E-state index is 0.380. The van der Waals surface area contributed by atoms with E-state index < -0.39 is 0 Å². The van der Waals surface area contributed by atoms with Crippen molar-refractivity contribution < 1.29 is 0 Å². The summed E-state index contributed by atoms with van der Waals surface area (Å²) in [6, 6.07) is 1.08. The van der Waals surface area contributed by atoms with Gasteiger partial charge in [0.15, 0.2) is 0 Å². The molecule has 92 valence electrons. The summed E-state index contributed by atoms with van der Waals surface area (Å²) >= 11 is 0. The Labute approximate surface area is 99.6 Å². The number of nitrogens with two attached hydrogens (primary N) is 1. The molecule has 3 fully saturated rings. The summed E-state index contributed by atoms with van der Waals surface area (Å²) < 4.78 is 0. The van der Waals surface area contributed by atoms with Crippen molar-refractivity contribution in [2.75, 3.05) is 13.1 Å². The highest BCUT2D eigenvalue weighted by Crippen LogP contribution is 2.65. The minimum Gasteiger partial charge on any atom is -0.326 e. The van der Waals surface area contributed by atoms with Gasteiger partial charge in [0.25, 0.3) is 0 Å². The Morgan fingerprint density at radius 2 is 1.75 bits per heavy atom. The van der Waals surface area contributed by atoms with E-state index in [0.29, 0.717) is 22.9 Å². The molecule has 1 aliphatic heterocycles. The molecule has 1 heterocycles. The van der Waals surface area contributed by atoms with E-state index in [2.05, 4.69) is 25.7 Å². The zero-order valence-corrected chi connectivity index (χ0v) is 11.0. The van der Waals surface area contributed by atoms with Crippen LogP contribution in [-0.4, -0.2) is 30.1 Å². The Balaban J connectivity index is 1.92. The van der Waals surface area contributed by atoms with E-state index in [1.807, 2.05) is 0 Å². The number of hydrogen-bond donors (Lipinski definition) is 1. The van der Waals surface area contributed by atoms with Crippen LogP contribution in [0.4, 0.5) is 0 Å². The van der Waals surface area contributed by atoms with E-state index in [4.69, 9.17) is 5.73 Å². The first kappa shape index (κ1) is 11.0. The lowest BCUT2D eigenvalue weighted by Crippen LogP contribution is -2.53. The summed E-state index contributed by atoms with van der Waals surface area (Å²) in [7, 11) is 0. The maximum absolute atomic E-state index is 6.61. The molecule has 2 bridgehead atoms. The lowest BCUT2D eigenvalue weighted by molar-refractivity contribution is 0.126. The molecule has 2 aliphatic carbocycles. The summed E-state index contributed by atoms with van der Waals surface area (Å²) in [4.78, 5) is 2.70. The van der Waals surface area contributed by atoms with Gasteiger partial charge in [-0.1, -0.05) is 20.8 Å². The van der Waals surface area contributed by atoms with E-state index in [0.717, 1.165) is 5.92 Å². The van der Waals surface area contributed by atoms with Crippen LogP contribution >= 0.6 is 0 Å². The monoisotopic (exact) mass is 222 g/mol. The molecule has 2 heteroatoms. The van der Waals surface area contributed by atoms with Crippen LogP contribution in [0.2, 0.25) is 0 Å². The number of likely N-dealkylation sites (tertiary alicyclic amines) is 1. The molecular formula is C14H26N2. The zero-order chi connectivity index (χ0) is 11.6. The molecule has 4 atom stereocenters. The molecule has 3 rings (SSSR count). The smallest absolute Gasteiger partial charge is 0.0286 e. The Hall–Kier alpha value is -0.0800. The highest BCUT2D eigenvalue weighted by molar-refractivity contribution is 5.19. The van der Waals surface area contributed by atoms with Crippen LogP contribution in [0.15, 0.2) is 0 Å². The lowest BCUT2D eigenvalue weighted by Gasteiger charge is -2.40. The van der Waals surface area contributed by atoms with Gasteiger partial charge in [-0.25, -0.2) is 0 Å². The first-order valence-electron chi connectivity index (χ1n) is 6.98. The van der Waals surface area contributed by atoms with Gasteiger partial charge in [0.1, 0.15) is 0 Å². The minimum atomic E-state index is 0.380. The summed E-state index contributed by atoms with van der Waals surface area (Å²) in [6.07, 6.45) is 5.51. The molecular weight excluding hydrogens is 196 g/mol. The predicted octanol–water partition coefficient (Wildman–Crippen LogP) is 2.23. The summed E-state index contributed by atoms with van der Waals surface area (Å²) in [6.45, 7) is 9.94. The first-order chi connectivity index (χ1) is 7.48. The Morgan fingerprint density at radius 1 is 1.12 bits per heavy atom. The van der Waals surface area contributed by atoms with Gasteiger partial charge in [-0.3, -0.25) is 4.90 Å². The molecule has 0 amide bonds. The van der Waals surface area contributed by atoms with Crippen LogP contribution in [-0.2, 0) is 0 Å². The van der Waals surface area contributed by atoms with E-state index in [1.54, 1.807) is 0 Å². The molecule has 0 aromatic heterocycles. The predicted molar refractivity (Wildman–Crippen MR) is 67.2 cm³/mol. The van der Waals surface area contributed by atoms with E-state index in [-0.39, 0.29) is 0 Å². The lowest BCUT2D eigenvalue weighted by atomic mass is 9.69. The fourth-order valence-electron chi connectivity index (χ4n) is 4.90. The summed E-state index contributed by atoms with van der Waals surface area (Å²) in [5.74, 6) is 0.839. The normalized spacial score (nSPS) is 51.4. The fraction of sp³-hybridized carbons (Fsp3) is 1.00. The molecule has 2 saturated carbocycles. The van der Waals surface area contributed by atoms with Crippen molar-refractivity contribution >= 4 is 0 Å². The van der Waals surface area contributed by atoms with Gasteiger partial charge in [0.05, 0.1) is 0 Å². The quantitative estimate of drug-likeness (QED) is 0.737. The molecule has 0 spiro atoms. The third-order valence-corrected chi connectivity index (χ3v) is 6.45. The SMILES string of the molecule is CC1(C)C2CCC1(C)[C@@H](N)[C@@H]2N1CCCC1. The fourth-order valence-corrected chi connectivity index (χ4v) is 4.90. The second kappa shape index (κ2) is 3.23. The maximum atomic E-state index is 6.61. The average molecular weight is 222 g/mol. The Kier molecular flexibility index (Phi) is 2.23. The highest BCUT2D eigenvalue weighted by atomic mass is 15.2. The highest BCUT2D eigenvalue weighted by Gasteiger charge is 2.66. The first-order valence-corrected chi connectivity index (χ1v) is 6.98. The third-order valence-electron chi connectivity index (χ3n) is 6.45. The van der Waals surface area contributed by atoms with Gasteiger partial charge in [-0.15, -0.1) is 0 Å². The van der Waals surface area contributed by atoms with Crippen LogP contribution in [0.5, 0.6) is 0 Å². The topological polar surface area (TPSA) is 29.3 Å². The number of rotatable bonds is 1. The van der Waals surface area contributed by atoms with Crippen molar-refractivity contribution in [2.45, 2.75) is 58.5 Å². The van der Waals surface area contributed by atoms with Crippen molar-refractivity contribution in [3.05, 3.63) is 0 Å². The van der Waals surface area contributed by atoms with Gasteiger partial charge < -0.3 is 5.73 Å². The van der Waals surface area contributed by atoms with Gasteiger partial charge in [-0.05, 0) is 55.5 Å². The Bertz CT molecular complexity index is 293. The molecule has 16 heavy (non-hydrogen) atoms. The van der Waals surface area contributed by atoms with Crippen LogP contribution in [0.3, 0.4) is 0 Å². The third kappa shape index (κ3) is 1.10. The van der Waals surface area contributed by atoms with Crippen LogP contribution < -0.4 is 5.73 Å². The van der Waals surface area contributed by atoms with E-state index in [9.17, 15) is 0 Å². The van der Waals surface area contributed by atoms with Crippen LogP contribution in [0.1, 0.15) is 46.5 Å². The van der Waals surface area contributed by atoms with Crippen LogP contribution in [0.25, 0.3) is 0 Å². The second-order valence-corrected chi connectivity index (χ2v) is 7.04. The van der Waals surface area contributed by atoms with Crippen molar-refractivity contribution in [1.29, 1.82) is 0 Å². The van der Waals surface area contributed by atoms with Crippen molar-refractivity contribution in [2.24, 2.45) is 22.5 Å². The number of nitrogens with zero attached hydrogens (tertiary/aromatic N) is 1. The molecule has 1 saturated heterocycles. The van der Waals surface area contributed by atoms with Gasteiger partial charge >= 0.3 is 0 Å². The number of hydrogen-bond acceptors (Lipinski definition) is 2. The molecule has 2 unspecified atom stereocenters. The number of fused-ring (bicyclic) bond motifs is 2. The van der Waals surface area contributed by atoms with Crippen LogP contribution in [0, 0.1) is 16.7 Å². The van der Waals surface area contributed by atoms with E-state index >= 15 is 0 Å². The van der Waals surface area contributed by atoms with E-state index in [1.165, 1.54) is 38.8 Å². The van der Waals surface area contributed by atoms with Crippen molar-refractivity contribution in [3.63, 3.8) is 0 Å². The maximum Gasteiger partial charge on any atom is 0.0286 e. The van der Waals surface area contributed by atoms with Crippen molar-refractivity contribution in [1.82, 2.24) is 4.90 Å². The second-order valence-electron chi connectivity index (χ2n) is 7.04. The molecule has 0 aromatic carbocycles. The summed E-state index contributed by atoms with van der Waals surface area (Å²) in [5, 5.41) is 0. The average Bonchev–Trinajstić information content (AvgIpc) is 2.83. The molecule has 0 radical (unpaired) electrons. The van der Waals surface area contributed by atoms with Crippen molar-refractivity contribution in [3.8, 4) is 0 Å². The molecule has 0 aromatic rings.